The second kappa shape index (κ2) is 9.19. The van der Waals surface area contributed by atoms with Crippen molar-refractivity contribution in [2.24, 2.45) is 0 Å². The zero-order valence-electron chi connectivity index (χ0n) is 18.2. The number of hydrogen-bond donors (Lipinski definition) is 1. The van der Waals surface area contributed by atoms with Crippen molar-refractivity contribution in [3.05, 3.63) is 53.6 Å². The van der Waals surface area contributed by atoms with Gasteiger partial charge in [-0.25, -0.2) is 0 Å². The molecule has 33 heavy (non-hydrogen) atoms. The molecule has 0 bridgehead atoms. The van der Waals surface area contributed by atoms with E-state index in [-0.39, 0.29) is 24.4 Å². The van der Waals surface area contributed by atoms with Gasteiger partial charge in [0.05, 0.1) is 21.6 Å². The van der Waals surface area contributed by atoms with Gasteiger partial charge >= 0.3 is 0 Å². The first-order chi connectivity index (χ1) is 16.0. The van der Waals surface area contributed by atoms with Gasteiger partial charge in [-0.1, -0.05) is 60.5 Å². The number of fused-ring (bicyclic) bond motifs is 1. The predicted molar refractivity (Wildman–Crippen MR) is 131 cm³/mol. The van der Waals surface area contributed by atoms with Gasteiger partial charge in [-0.2, -0.15) is 0 Å². The molecule has 1 fully saturated rings. The molecule has 0 saturated heterocycles. The van der Waals surface area contributed by atoms with Crippen molar-refractivity contribution in [2.45, 2.75) is 49.1 Å². The highest BCUT2D eigenvalue weighted by molar-refractivity contribution is 8.00. The topological polar surface area (TPSA) is 80.1 Å². The molecule has 1 aliphatic carbocycles. The van der Waals surface area contributed by atoms with Gasteiger partial charge in [-0.3, -0.25) is 19.1 Å². The van der Waals surface area contributed by atoms with Crippen LogP contribution in [-0.4, -0.2) is 38.4 Å². The number of carbonyl (C=O) groups is 2. The minimum absolute atomic E-state index is 0.000928. The van der Waals surface area contributed by atoms with Crippen LogP contribution in [0.2, 0.25) is 5.02 Å². The van der Waals surface area contributed by atoms with Gasteiger partial charge in [-0.05, 0) is 44.0 Å². The van der Waals surface area contributed by atoms with E-state index in [1.165, 1.54) is 11.8 Å². The summed E-state index contributed by atoms with van der Waals surface area (Å²) in [6, 6.07) is 15.3. The number of anilines is 2. The van der Waals surface area contributed by atoms with Gasteiger partial charge < -0.3 is 5.32 Å². The van der Waals surface area contributed by atoms with Crippen LogP contribution in [0.4, 0.5) is 11.4 Å². The zero-order chi connectivity index (χ0) is 22.9. The summed E-state index contributed by atoms with van der Waals surface area (Å²) in [6.45, 7) is 1.85. The highest BCUT2D eigenvalue weighted by Gasteiger charge is 2.32. The molecular weight excluding hydrogens is 458 g/mol. The summed E-state index contributed by atoms with van der Waals surface area (Å²) in [6.07, 6.45) is 4.41. The van der Waals surface area contributed by atoms with Gasteiger partial charge in [0.1, 0.15) is 6.54 Å². The van der Waals surface area contributed by atoms with Crippen molar-refractivity contribution in [3.63, 3.8) is 0 Å². The molecule has 1 N–H and O–H groups in total. The Morgan fingerprint density at radius 3 is 2.64 bits per heavy atom. The summed E-state index contributed by atoms with van der Waals surface area (Å²) in [4.78, 5) is 27.2. The van der Waals surface area contributed by atoms with Crippen molar-refractivity contribution in [1.29, 1.82) is 0 Å². The maximum atomic E-state index is 13.4. The van der Waals surface area contributed by atoms with E-state index >= 15 is 0 Å². The van der Waals surface area contributed by atoms with Crippen molar-refractivity contribution in [2.75, 3.05) is 16.8 Å². The van der Waals surface area contributed by atoms with Gasteiger partial charge in [0, 0.05) is 11.6 Å². The highest BCUT2D eigenvalue weighted by Crippen LogP contribution is 2.39. The lowest BCUT2D eigenvalue weighted by Gasteiger charge is -2.30. The van der Waals surface area contributed by atoms with Gasteiger partial charge in [0.2, 0.25) is 11.8 Å². The smallest absolute Gasteiger partial charge is 0.244 e. The Morgan fingerprint density at radius 1 is 1.12 bits per heavy atom. The van der Waals surface area contributed by atoms with Crippen LogP contribution in [0, 0.1) is 0 Å². The molecule has 7 nitrogen and oxygen atoms in total. The zero-order valence-corrected chi connectivity index (χ0v) is 19.8. The normalized spacial score (nSPS) is 17.0. The minimum atomic E-state index is -0.451. The number of halogens is 1. The first-order valence-electron chi connectivity index (χ1n) is 11.1. The fraction of sp³-hybridized carbons (Fsp3) is 0.333. The van der Waals surface area contributed by atoms with Crippen LogP contribution in [-0.2, 0) is 9.59 Å². The van der Waals surface area contributed by atoms with E-state index in [0.29, 0.717) is 21.6 Å². The average molecular weight is 482 g/mol. The van der Waals surface area contributed by atoms with Crippen LogP contribution in [0.1, 0.15) is 38.6 Å². The third-order valence-electron chi connectivity index (χ3n) is 6.14. The molecule has 2 heterocycles. The van der Waals surface area contributed by atoms with E-state index in [2.05, 4.69) is 20.1 Å². The fourth-order valence-electron chi connectivity index (χ4n) is 4.53. The number of thioether (sulfide) groups is 1. The molecule has 2 amide bonds. The predicted octanol–water partition coefficient (Wildman–Crippen LogP) is 5.18. The number of nitrogens with zero attached hydrogens (tertiary/aromatic N) is 4. The number of carbonyl (C=O) groups excluding carboxylic acids is 2. The van der Waals surface area contributed by atoms with Crippen LogP contribution in [0.25, 0.3) is 11.4 Å². The van der Waals surface area contributed by atoms with Crippen LogP contribution in [0.5, 0.6) is 0 Å². The molecule has 1 atom stereocenters. The summed E-state index contributed by atoms with van der Waals surface area (Å²) in [5.41, 5.74) is 2.20. The largest absolute Gasteiger partial charge is 0.323 e. The van der Waals surface area contributed by atoms with E-state index in [9.17, 15) is 9.59 Å². The Kier molecular flexibility index (Phi) is 6.12. The summed E-state index contributed by atoms with van der Waals surface area (Å²) in [5, 5.41) is 12.7. The summed E-state index contributed by atoms with van der Waals surface area (Å²) >= 11 is 7.86. The molecule has 1 unspecified atom stereocenters. The van der Waals surface area contributed by atoms with Crippen molar-refractivity contribution >= 4 is 46.6 Å². The van der Waals surface area contributed by atoms with E-state index < -0.39 is 5.25 Å². The quantitative estimate of drug-likeness (QED) is 0.508. The first kappa shape index (κ1) is 22.0. The molecule has 0 radical (unpaired) electrons. The van der Waals surface area contributed by atoms with Crippen LogP contribution in [0.3, 0.4) is 0 Å². The Balaban J connectivity index is 1.45. The molecule has 5 rings (SSSR count). The number of hydrogen-bond acceptors (Lipinski definition) is 5. The van der Waals surface area contributed by atoms with E-state index in [1.54, 1.807) is 11.0 Å². The molecule has 9 heteroatoms. The standard InChI is InChI=1S/C24H24ClN5O2S/c1-15(23(32)29-14-21(31)26-19-12-6-7-13-20(19)29)33-24-28-27-22(17-10-4-5-11-18(17)25)30(24)16-8-2-3-9-16/h4-7,10-13,15-16H,2-3,8-9,14H2,1H3,(H,26,31). The molecule has 170 valence electrons. The maximum absolute atomic E-state index is 13.4. The number of amides is 2. The number of nitrogens with one attached hydrogen (secondary N) is 1. The highest BCUT2D eigenvalue weighted by atomic mass is 35.5. The molecule has 2 aliphatic rings. The van der Waals surface area contributed by atoms with Crippen LogP contribution < -0.4 is 10.2 Å². The Bertz CT molecular complexity index is 1210. The lowest BCUT2D eigenvalue weighted by molar-refractivity contribution is -0.121. The molecule has 1 aliphatic heterocycles. The van der Waals surface area contributed by atoms with Gasteiger partial charge in [-0.15, -0.1) is 10.2 Å². The van der Waals surface area contributed by atoms with Crippen molar-refractivity contribution in [3.8, 4) is 11.4 Å². The van der Waals surface area contributed by atoms with E-state index in [4.69, 9.17) is 11.6 Å². The number of rotatable bonds is 5. The fourth-order valence-corrected chi connectivity index (χ4v) is 5.73. The third-order valence-corrected chi connectivity index (χ3v) is 7.51. The molecule has 1 aromatic heterocycles. The summed E-state index contributed by atoms with van der Waals surface area (Å²) in [5.74, 6) is 0.397. The lowest BCUT2D eigenvalue weighted by atomic mass is 10.2. The molecule has 2 aromatic carbocycles. The van der Waals surface area contributed by atoms with Gasteiger partial charge in [0.25, 0.3) is 0 Å². The van der Waals surface area contributed by atoms with Gasteiger partial charge in [0.15, 0.2) is 11.0 Å². The first-order valence-corrected chi connectivity index (χ1v) is 12.4. The minimum Gasteiger partial charge on any atom is -0.323 e. The second-order valence-corrected chi connectivity index (χ2v) is 10.1. The molecular formula is C24H24ClN5O2S. The Labute approximate surface area is 201 Å². The van der Waals surface area contributed by atoms with Crippen LogP contribution >= 0.6 is 23.4 Å². The Morgan fingerprint density at radius 2 is 1.85 bits per heavy atom. The summed E-state index contributed by atoms with van der Waals surface area (Å²) in [7, 11) is 0. The number of benzene rings is 2. The third kappa shape index (κ3) is 4.25. The van der Waals surface area contributed by atoms with E-state index in [0.717, 1.165) is 37.1 Å². The lowest BCUT2D eigenvalue weighted by Crippen LogP contribution is -2.45. The number of para-hydroxylation sites is 2. The molecule has 1 saturated carbocycles. The van der Waals surface area contributed by atoms with E-state index in [1.807, 2.05) is 49.4 Å². The number of aromatic nitrogens is 3. The average Bonchev–Trinajstić information content (AvgIpc) is 3.48. The van der Waals surface area contributed by atoms with Crippen molar-refractivity contribution in [1.82, 2.24) is 14.8 Å². The maximum Gasteiger partial charge on any atom is 0.244 e. The SMILES string of the molecule is CC(Sc1nnc(-c2ccccc2Cl)n1C1CCCC1)C(=O)N1CC(=O)Nc2ccccc21. The van der Waals surface area contributed by atoms with Crippen LogP contribution in [0.15, 0.2) is 53.7 Å². The second-order valence-electron chi connectivity index (χ2n) is 8.34. The molecule has 0 spiro atoms. The van der Waals surface area contributed by atoms with Crippen molar-refractivity contribution < 1.29 is 9.59 Å². The summed E-state index contributed by atoms with van der Waals surface area (Å²) < 4.78 is 2.15. The molecule has 3 aromatic rings. The Hall–Kier alpha value is -2.84. The monoisotopic (exact) mass is 481 g/mol.